The SMILES string of the molecule is CCC(C)(C)Cc1c(F)c(F)c(OC)c(F)c1F. The molecular weight excluding hydrogens is 248 g/mol. The summed E-state index contributed by atoms with van der Waals surface area (Å²) in [6.07, 6.45) is 0.542. The van der Waals surface area contributed by atoms with Crippen LogP contribution in [-0.4, -0.2) is 7.11 Å². The predicted molar refractivity (Wildman–Crippen MR) is 60.6 cm³/mol. The third-order valence-electron chi connectivity index (χ3n) is 3.13. The molecule has 1 rings (SSSR count). The van der Waals surface area contributed by atoms with Crippen molar-refractivity contribution in [1.29, 1.82) is 0 Å². The van der Waals surface area contributed by atoms with Crippen molar-refractivity contribution < 1.29 is 22.3 Å². The van der Waals surface area contributed by atoms with Gasteiger partial charge in [-0.2, -0.15) is 8.78 Å². The number of halogens is 4. The Bertz CT molecular complexity index is 426. The van der Waals surface area contributed by atoms with E-state index in [-0.39, 0.29) is 6.42 Å². The molecule has 0 bridgehead atoms. The van der Waals surface area contributed by atoms with Crippen molar-refractivity contribution in [3.63, 3.8) is 0 Å². The average molecular weight is 264 g/mol. The number of ether oxygens (including phenoxy) is 1. The topological polar surface area (TPSA) is 9.23 Å². The molecule has 0 aromatic heterocycles. The number of benzene rings is 1. The number of methoxy groups -OCH3 is 1. The molecule has 1 aromatic rings. The van der Waals surface area contributed by atoms with E-state index in [0.717, 1.165) is 7.11 Å². The molecule has 0 fully saturated rings. The van der Waals surface area contributed by atoms with Crippen molar-refractivity contribution in [3.8, 4) is 5.75 Å². The molecular formula is C13H16F4O. The molecule has 0 N–H and O–H groups in total. The Kier molecular flexibility index (Phi) is 4.24. The van der Waals surface area contributed by atoms with Crippen LogP contribution in [0.15, 0.2) is 0 Å². The first kappa shape index (κ1) is 14.8. The van der Waals surface area contributed by atoms with Gasteiger partial charge in [0.25, 0.3) is 0 Å². The molecule has 0 aliphatic rings. The lowest BCUT2D eigenvalue weighted by Crippen LogP contribution is -2.17. The van der Waals surface area contributed by atoms with E-state index in [0.29, 0.717) is 6.42 Å². The van der Waals surface area contributed by atoms with Crippen LogP contribution >= 0.6 is 0 Å². The second-order valence-corrected chi connectivity index (χ2v) is 4.96. The summed E-state index contributed by atoms with van der Waals surface area (Å²) >= 11 is 0. The second-order valence-electron chi connectivity index (χ2n) is 4.96. The molecule has 0 atom stereocenters. The molecule has 0 aliphatic carbocycles. The quantitative estimate of drug-likeness (QED) is 0.584. The summed E-state index contributed by atoms with van der Waals surface area (Å²) in [6, 6.07) is 0. The van der Waals surface area contributed by atoms with Gasteiger partial charge in [0.05, 0.1) is 7.11 Å². The Labute approximate surface area is 104 Å². The average Bonchev–Trinajstić information content (AvgIpc) is 2.33. The van der Waals surface area contributed by atoms with E-state index in [4.69, 9.17) is 0 Å². The van der Waals surface area contributed by atoms with Crippen LogP contribution in [0.5, 0.6) is 5.75 Å². The zero-order valence-electron chi connectivity index (χ0n) is 10.8. The van der Waals surface area contributed by atoms with Gasteiger partial charge in [0, 0.05) is 5.56 Å². The molecule has 0 heterocycles. The second kappa shape index (κ2) is 5.16. The maximum absolute atomic E-state index is 13.7. The fourth-order valence-corrected chi connectivity index (χ4v) is 1.59. The summed E-state index contributed by atoms with van der Waals surface area (Å²) in [5.41, 5.74) is -1.02. The van der Waals surface area contributed by atoms with Gasteiger partial charge in [-0.05, 0) is 11.8 Å². The highest BCUT2D eigenvalue weighted by Crippen LogP contribution is 2.34. The molecule has 0 amide bonds. The molecule has 0 unspecified atom stereocenters. The highest BCUT2D eigenvalue weighted by atomic mass is 19.2. The summed E-state index contributed by atoms with van der Waals surface area (Å²) in [5.74, 6) is -6.76. The maximum Gasteiger partial charge on any atom is 0.204 e. The van der Waals surface area contributed by atoms with Crippen molar-refractivity contribution in [2.24, 2.45) is 5.41 Å². The minimum absolute atomic E-state index is 0.0843. The Balaban J connectivity index is 3.38. The zero-order chi connectivity index (χ0) is 14.1. The molecule has 102 valence electrons. The first-order chi connectivity index (χ1) is 8.25. The molecule has 1 nitrogen and oxygen atoms in total. The summed E-state index contributed by atoms with van der Waals surface area (Å²) in [7, 11) is 0.954. The normalized spacial score (nSPS) is 11.8. The lowest BCUT2D eigenvalue weighted by Gasteiger charge is -2.23. The molecule has 1 aromatic carbocycles. The van der Waals surface area contributed by atoms with Gasteiger partial charge in [0.2, 0.25) is 11.6 Å². The monoisotopic (exact) mass is 264 g/mol. The number of hydrogen-bond donors (Lipinski definition) is 0. The largest absolute Gasteiger partial charge is 0.491 e. The van der Waals surface area contributed by atoms with Crippen LogP contribution < -0.4 is 4.74 Å². The van der Waals surface area contributed by atoms with E-state index >= 15 is 0 Å². The van der Waals surface area contributed by atoms with Gasteiger partial charge in [0.1, 0.15) is 0 Å². The smallest absolute Gasteiger partial charge is 0.204 e. The Morgan fingerprint density at radius 1 is 0.944 bits per heavy atom. The van der Waals surface area contributed by atoms with E-state index in [1.54, 1.807) is 13.8 Å². The molecule has 0 spiro atoms. The van der Waals surface area contributed by atoms with Gasteiger partial charge in [-0.15, -0.1) is 0 Å². The van der Waals surface area contributed by atoms with Crippen molar-refractivity contribution in [1.82, 2.24) is 0 Å². The zero-order valence-corrected chi connectivity index (χ0v) is 10.8. The van der Waals surface area contributed by atoms with Crippen molar-refractivity contribution in [2.45, 2.75) is 33.6 Å². The fraction of sp³-hybridized carbons (Fsp3) is 0.538. The first-order valence-electron chi connectivity index (χ1n) is 5.64. The molecule has 0 saturated heterocycles. The Hall–Kier alpha value is -1.26. The van der Waals surface area contributed by atoms with Crippen LogP contribution in [0.4, 0.5) is 17.6 Å². The molecule has 0 saturated carbocycles. The van der Waals surface area contributed by atoms with Gasteiger partial charge in [0.15, 0.2) is 17.4 Å². The number of hydrogen-bond acceptors (Lipinski definition) is 1. The third kappa shape index (κ3) is 2.60. The predicted octanol–water partition coefficient (Wildman–Crippen LogP) is 4.23. The molecule has 0 radical (unpaired) electrons. The lowest BCUT2D eigenvalue weighted by molar-refractivity contribution is 0.307. The Morgan fingerprint density at radius 2 is 1.39 bits per heavy atom. The summed E-state index contributed by atoms with van der Waals surface area (Å²) in [6.45, 7) is 5.38. The highest BCUT2D eigenvalue weighted by molar-refractivity contribution is 5.35. The van der Waals surface area contributed by atoms with Crippen LogP contribution in [-0.2, 0) is 6.42 Å². The van der Waals surface area contributed by atoms with Crippen LogP contribution in [0.2, 0.25) is 0 Å². The highest BCUT2D eigenvalue weighted by Gasteiger charge is 2.29. The minimum Gasteiger partial charge on any atom is -0.491 e. The summed E-state index contributed by atoms with van der Waals surface area (Å²) in [5, 5.41) is 0. The maximum atomic E-state index is 13.7. The fourth-order valence-electron chi connectivity index (χ4n) is 1.59. The first-order valence-corrected chi connectivity index (χ1v) is 5.64. The third-order valence-corrected chi connectivity index (χ3v) is 3.13. The van der Waals surface area contributed by atoms with E-state index in [9.17, 15) is 17.6 Å². The summed E-state index contributed by atoms with van der Waals surface area (Å²) in [4.78, 5) is 0. The van der Waals surface area contributed by atoms with E-state index in [1.165, 1.54) is 0 Å². The van der Waals surface area contributed by atoms with Crippen molar-refractivity contribution >= 4 is 0 Å². The van der Waals surface area contributed by atoms with E-state index < -0.39 is 40.0 Å². The minimum atomic E-state index is -1.49. The summed E-state index contributed by atoms with van der Waals surface area (Å²) < 4.78 is 58.7. The van der Waals surface area contributed by atoms with Gasteiger partial charge < -0.3 is 4.74 Å². The van der Waals surface area contributed by atoms with Gasteiger partial charge in [-0.3, -0.25) is 0 Å². The van der Waals surface area contributed by atoms with Crippen LogP contribution in [0.1, 0.15) is 32.8 Å². The molecule has 18 heavy (non-hydrogen) atoms. The number of rotatable bonds is 4. The van der Waals surface area contributed by atoms with Gasteiger partial charge in [-0.1, -0.05) is 27.2 Å². The van der Waals surface area contributed by atoms with Crippen LogP contribution in [0.25, 0.3) is 0 Å². The van der Waals surface area contributed by atoms with Crippen LogP contribution in [0.3, 0.4) is 0 Å². The van der Waals surface area contributed by atoms with Crippen molar-refractivity contribution in [3.05, 3.63) is 28.8 Å². The molecule has 0 aliphatic heterocycles. The van der Waals surface area contributed by atoms with E-state index in [1.807, 2.05) is 6.92 Å². The van der Waals surface area contributed by atoms with E-state index in [2.05, 4.69) is 4.74 Å². The van der Waals surface area contributed by atoms with Crippen LogP contribution in [0, 0.1) is 28.7 Å². The molecule has 5 heteroatoms. The van der Waals surface area contributed by atoms with Gasteiger partial charge >= 0.3 is 0 Å². The lowest BCUT2D eigenvalue weighted by atomic mass is 9.83. The van der Waals surface area contributed by atoms with Crippen molar-refractivity contribution in [2.75, 3.05) is 7.11 Å². The Morgan fingerprint density at radius 3 is 1.72 bits per heavy atom. The van der Waals surface area contributed by atoms with Gasteiger partial charge in [-0.25, -0.2) is 8.78 Å². The standard InChI is InChI=1S/C13H16F4O/c1-5-13(2,3)6-7-8(14)10(16)12(18-4)11(17)9(7)15/h5-6H2,1-4H3.